The van der Waals surface area contributed by atoms with Gasteiger partial charge >= 0.3 is 0 Å². The predicted molar refractivity (Wildman–Crippen MR) is 107 cm³/mol. The maximum Gasteiger partial charge on any atom is 0.230 e. The van der Waals surface area contributed by atoms with Crippen molar-refractivity contribution in [2.24, 2.45) is 0 Å². The number of thioether (sulfide) groups is 1. The lowest BCUT2D eigenvalue weighted by Crippen LogP contribution is -2.46. The van der Waals surface area contributed by atoms with Gasteiger partial charge in [-0.15, -0.1) is 10.2 Å². The number of nitrogens with one attached hydrogen (secondary N) is 1. The van der Waals surface area contributed by atoms with E-state index in [0.717, 1.165) is 23.7 Å². The van der Waals surface area contributed by atoms with Crippen LogP contribution in [0, 0.1) is 0 Å². The zero-order chi connectivity index (χ0) is 18.5. The molecule has 1 aliphatic rings. The number of hydrogen-bond acceptors (Lipinski definition) is 4. The second-order valence-electron chi connectivity index (χ2n) is 6.88. The average molecular weight is 379 g/mol. The normalized spacial score (nSPS) is 15.1. The van der Waals surface area contributed by atoms with E-state index in [4.69, 9.17) is 0 Å². The van der Waals surface area contributed by atoms with Gasteiger partial charge in [0.2, 0.25) is 5.91 Å². The number of nitrogens with zero attached hydrogens (tertiary/aromatic N) is 3. The summed E-state index contributed by atoms with van der Waals surface area (Å²) < 4.78 is 1.90. The number of benzene rings is 2. The summed E-state index contributed by atoms with van der Waals surface area (Å²) >= 11 is 1.41. The smallest absolute Gasteiger partial charge is 0.230 e. The van der Waals surface area contributed by atoms with Gasteiger partial charge in [0.25, 0.3) is 0 Å². The van der Waals surface area contributed by atoms with Gasteiger partial charge in [0.05, 0.1) is 5.75 Å². The first-order chi connectivity index (χ1) is 13.3. The molecule has 0 radical (unpaired) electrons. The standard InChI is InChI=1S/C21H22N4OS/c26-19(22-15-21(12-7-13-21)17-8-3-1-4-9-17)14-27-20-24-23-16-25(20)18-10-5-2-6-11-18/h1-6,8-11,16H,7,12-15H2,(H,22,26). The quantitative estimate of drug-likeness (QED) is 0.638. The van der Waals surface area contributed by atoms with E-state index in [0.29, 0.717) is 12.3 Å². The summed E-state index contributed by atoms with van der Waals surface area (Å²) in [6.07, 6.45) is 5.16. The number of amides is 1. The largest absolute Gasteiger partial charge is 0.354 e. The van der Waals surface area contributed by atoms with Crippen molar-refractivity contribution in [3.8, 4) is 5.69 Å². The van der Waals surface area contributed by atoms with Crippen LogP contribution in [0.4, 0.5) is 0 Å². The van der Waals surface area contributed by atoms with Gasteiger partial charge in [-0.1, -0.05) is 66.7 Å². The Morgan fingerprint density at radius 3 is 2.44 bits per heavy atom. The number of hydrogen-bond donors (Lipinski definition) is 1. The molecule has 0 spiro atoms. The molecule has 1 heterocycles. The Morgan fingerprint density at radius 1 is 1.07 bits per heavy atom. The molecule has 1 saturated carbocycles. The van der Waals surface area contributed by atoms with E-state index in [2.05, 4.69) is 39.8 Å². The fourth-order valence-electron chi connectivity index (χ4n) is 3.50. The molecule has 6 heteroatoms. The molecule has 4 rings (SSSR count). The molecule has 0 saturated heterocycles. The summed E-state index contributed by atoms with van der Waals surface area (Å²) in [5.41, 5.74) is 2.42. The van der Waals surface area contributed by atoms with Crippen LogP contribution in [0.5, 0.6) is 0 Å². The molecule has 0 aliphatic heterocycles. The molecule has 1 fully saturated rings. The number of carbonyl (C=O) groups is 1. The highest BCUT2D eigenvalue weighted by molar-refractivity contribution is 7.99. The first-order valence-corrected chi connectivity index (χ1v) is 10.2. The summed E-state index contributed by atoms with van der Waals surface area (Å²) in [7, 11) is 0. The zero-order valence-corrected chi connectivity index (χ0v) is 15.9. The third kappa shape index (κ3) is 3.90. The maximum absolute atomic E-state index is 12.4. The van der Waals surface area contributed by atoms with Crippen LogP contribution in [0.1, 0.15) is 24.8 Å². The van der Waals surface area contributed by atoms with E-state index in [9.17, 15) is 4.79 Å². The Morgan fingerprint density at radius 2 is 1.78 bits per heavy atom. The summed E-state index contributed by atoms with van der Waals surface area (Å²) in [5.74, 6) is 0.362. The molecule has 0 atom stereocenters. The SMILES string of the molecule is O=C(CSc1nncn1-c1ccccc1)NCC1(c2ccccc2)CCC1. The Labute approximate surface area is 163 Å². The average Bonchev–Trinajstić information content (AvgIpc) is 3.16. The molecule has 1 aliphatic carbocycles. The van der Waals surface area contributed by atoms with E-state index in [-0.39, 0.29) is 11.3 Å². The molecule has 1 aromatic heterocycles. The van der Waals surface area contributed by atoms with Crippen molar-refractivity contribution in [1.29, 1.82) is 0 Å². The van der Waals surface area contributed by atoms with Crippen molar-refractivity contribution in [2.45, 2.75) is 29.8 Å². The van der Waals surface area contributed by atoms with Crippen LogP contribution in [-0.2, 0) is 10.2 Å². The van der Waals surface area contributed by atoms with Gasteiger partial charge in [0.15, 0.2) is 5.16 Å². The summed E-state index contributed by atoms with van der Waals surface area (Å²) in [5, 5.41) is 12.0. The van der Waals surface area contributed by atoms with Crippen LogP contribution < -0.4 is 5.32 Å². The molecule has 5 nitrogen and oxygen atoms in total. The fourth-order valence-corrected chi connectivity index (χ4v) is 4.26. The molecular weight excluding hydrogens is 356 g/mol. The lowest BCUT2D eigenvalue weighted by molar-refractivity contribution is -0.119. The van der Waals surface area contributed by atoms with Crippen LogP contribution in [0.2, 0.25) is 0 Å². The second-order valence-corrected chi connectivity index (χ2v) is 7.83. The molecule has 27 heavy (non-hydrogen) atoms. The molecule has 1 N–H and O–H groups in total. The molecule has 138 valence electrons. The minimum Gasteiger partial charge on any atom is -0.354 e. The highest BCUT2D eigenvalue weighted by atomic mass is 32.2. The van der Waals surface area contributed by atoms with E-state index in [1.807, 2.05) is 41.0 Å². The van der Waals surface area contributed by atoms with Gasteiger partial charge in [0.1, 0.15) is 6.33 Å². The van der Waals surface area contributed by atoms with Crippen molar-refractivity contribution < 1.29 is 4.79 Å². The minimum atomic E-state index is 0.0322. The summed E-state index contributed by atoms with van der Waals surface area (Å²) in [6.45, 7) is 0.696. The summed E-state index contributed by atoms with van der Waals surface area (Å²) in [6, 6.07) is 20.4. The fraction of sp³-hybridized carbons (Fsp3) is 0.286. The predicted octanol–water partition coefficient (Wildman–Crippen LogP) is 3.60. The number of para-hydroxylation sites is 1. The maximum atomic E-state index is 12.4. The van der Waals surface area contributed by atoms with E-state index in [1.165, 1.54) is 23.7 Å². The van der Waals surface area contributed by atoms with Gasteiger partial charge in [-0.3, -0.25) is 9.36 Å². The highest BCUT2D eigenvalue weighted by Crippen LogP contribution is 2.43. The van der Waals surface area contributed by atoms with Crippen molar-refractivity contribution in [3.05, 3.63) is 72.6 Å². The minimum absolute atomic E-state index is 0.0322. The first kappa shape index (κ1) is 17.8. The van der Waals surface area contributed by atoms with Crippen LogP contribution >= 0.6 is 11.8 Å². The Bertz CT molecular complexity index is 891. The van der Waals surface area contributed by atoms with E-state index >= 15 is 0 Å². The lowest BCUT2D eigenvalue weighted by Gasteiger charge is -2.42. The molecule has 0 bridgehead atoms. The third-order valence-corrected chi connectivity index (χ3v) is 6.15. The Hall–Kier alpha value is -2.60. The molecule has 0 unspecified atom stereocenters. The van der Waals surface area contributed by atoms with Gasteiger partial charge in [-0.25, -0.2) is 0 Å². The van der Waals surface area contributed by atoms with E-state index < -0.39 is 0 Å². The lowest BCUT2D eigenvalue weighted by atomic mass is 9.64. The van der Waals surface area contributed by atoms with Crippen molar-refractivity contribution >= 4 is 17.7 Å². The third-order valence-electron chi connectivity index (χ3n) is 5.20. The highest BCUT2D eigenvalue weighted by Gasteiger charge is 2.38. The first-order valence-electron chi connectivity index (χ1n) is 9.17. The molecule has 1 amide bonds. The Kier molecular flexibility index (Phi) is 5.25. The monoisotopic (exact) mass is 378 g/mol. The van der Waals surface area contributed by atoms with Gasteiger partial charge in [-0.05, 0) is 30.5 Å². The Balaban J connectivity index is 1.34. The van der Waals surface area contributed by atoms with Crippen molar-refractivity contribution in [1.82, 2.24) is 20.1 Å². The van der Waals surface area contributed by atoms with Gasteiger partial charge in [-0.2, -0.15) is 0 Å². The van der Waals surface area contributed by atoms with Gasteiger partial charge < -0.3 is 5.32 Å². The molecule has 2 aromatic carbocycles. The van der Waals surface area contributed by atoms with Gasteiger partial charge in [0, 0.05) is 17.6 Å². The number of carbonyl (C=O) groups excluding carboxylic acids is 1. The van der Waals surface area contributed by atoms with Crippen LogP contribution in [0.25, 0.3) is 5.69 Å². The number of rotatable bonds is 7. The van der Waals surface area contributed by atoms with Crippen molar-refractivity contribution in [2.75, 3.05) is 12.3 Å². The topological polar surface area (TPSA) is 59.8 Å². The van der Waals surface area contributed by atoms with Crippen LogP contribution in [-0.4, -0.2) is 33.0 Å². The second kappa shape index (κ2) is 7.96. The summed E-state index contributed by atoms with van der Waals surface area (Å²) in [4.78, 5) is 12.4. The zero-order valence-electron chi connectivity index (χ0n) is 15.0. The van der Waals surface area contributed by atoms with Crippen LogP contribution in [0.15, 0.2) is 72.1 Å². The van der Waals surface area contributed by atoms with Crippen molar-refractivity contribution in [3.63, 3.8) is 0 Å². The van der Waals surface area contributed by atoms with E-state index in [1.54, 1.807) is 6.33 Å². The van der Waals surface area contributed by atoms with Crippen LogP contribution in [0.3, 0.4) is 0 Å². The molecular formula is C21H22N4OS. The number of aromatic nitrogens is 3. The molecule has 3 aromatic rings.